The summed E-state index contributed by atoms with van der Waals surface area (Å²) in [6.07, 6.45) is 1.20. The second-order valence-corrected chi connectivity index (χ2v) is 9.51. The summed E-state index contributed by atoms with van der Waals surface area (Å²) in [5, 5.41) is 3.49. The van der Waals surface area contributed by atoms with Crippen LogP contribution in [0.25, 0.3) is 0 Å². The number of halogens is 1. The Kier molecular flexibility index (Phi) is 6.90. The highest BCUT2D eigenvalue weighted by atomic mass is 35.5. The van der Waals surface area contributed by atoms with Gasteiger partial charge in [0.1, 0.15) is 16.4 Å². The van der Waals surface area contributed by atoms with Gasteiger partial charge in [-0.2, -0.15) is 4.31 Å². The third-order valence-corrected chi connectivity index (χ3v) is 7.31. The molecule has 0 unspecified atom stereocenters. The highest BCUT2D eigenvalue weighted by Gasteiger charge is 2.35. The Balaban J connectivity index is 1.80. The number of aryl methyl sites for hydroxylation is 1. The molecular weight excluding hydrogens is 428 g/mol. The molecule has 1 aliphatic heterocycles. The first-order valence-electron chi connectivity index (χ1n) is 9.55. The number of nitrogens with zero attached hydrogens (tertiary/aromatic N) is 1. The van der Waals surface area contributed by atoms with Gasteiger partial charge in [0.2, 0.25) is 15.9 Å². The molecule has 2 aromatic carbocycles. The van der Waals surface area contributed by atoms with E-state index in [-0.39, 0.29) is 23.1 Å². The Morgan fingerprint density at radius 2 is 1.93 bits per heavy atom. The van der Waals surface area contributed by atoms with Gasteiger partial charge in [0.15, 0.2) is 0 Å². The molecule has 1 fully saturated rings. The predicted octanol–water partition coefficient (Wildman–Crippen LogP) is 3.71. The number of nitrogens with one attached hydrogen (secondary N) is 1. The lowest BCUT2D eigenvalue weighted by Crippen LogP contribution is -2.43. The molecule has 9 heteroatoms. The zero-order valence-electron chi connectivity index (χ0n) is 17.1. The van der Waals surface area contributed by atoms with Crippen molar-refractivity contribution in [2.24, 2.45) is 5.92 Å². The van der Waals surface area contributed by atoms with Crippen molar-refractivity contribution < 1.29 is 22.7 Å². The summed E-state index contributed by atoms with van der Waals surface area (Å²) in [6.45, 7) is 2.29. The number of rotatable bonds is 6. The van der Waals surface area contributed by atoms with Crippen molar-refractivity contribution in [2.75, 3.05) is 32.6 Å². The van der Waals surface area contributed by atoms with Crippen molar-refractivity contribution in [3.05, 3.63) is 47.0 Å². The Labute approximate surface area is 182 Å². The lowest BCUT2D eigenvalue weighted by molar-refractivity contribution is -0.120. The molecule has 3 rings (SSSR count). The number of methoxy groups -OCH3 is 2. The van der Waals surface area contributed by atoms with Gasteiger partial charge in [0.05, 0.1) is 20.1 Å². The topological polar surface area (TPSA) is 84.9 Å². The summed E-state index contributed by atoms with van der Waals surface area (Å²) in [5.74, 6) is -0.0174. The lowest BCUT2D eigenvalue weighted by atomic mass is 9.98. The molecule has 162 valence electrons. The third-order valence-electron chi connectivity index (χ3n) is 5.19. The number of carbonyl (C=O) groups is 1. The van der Waals surface area contributed by atoms with Crippen LogP contribution in [0.15, 0.2) is 41.3 Å². The molecule has 1 amide bonds. The predicted molar refractivity (Wildman–Crippen MR) is 116 cm³/mol. The molecule has 1 saturated heterocycles. The van der Waals surface area contributed by atoms with E-state index >= 15 is 0 Å². The number of hydrogen-bond donors (Lipinski definition) is 1. The van der Waals surface area contributed by atoms with Crippen LogP contribution in [-0.4, -0.2) is 45.9 Å². The molecule has 1 heterocycles. The molecule has 7 nitrogen and oxygen atoms in total. The maximum absolute atomic E-state index is 13.3. The van der Waals surface area contributed by atoms with Gasteiger partial charge < -0.3 is 14.8 Å². The Morgan fingerprint density at radius 1 is 1.17 bits per heavy atom. The number of piperidine rings is 1. The van der Waals surface area contributed by atoms with Crippen LogP contribution in [0.3, 0.4) is 0 Å². The minimum absolute atomic E-state index is 0.0268. The minimum Gasteiger partial charge on any atom is -0.497 e. The van der Waals surface area contributed by atoms with Crippen molar-refractivity contribution in [1.29, 1.82) is 0 Å². The van der Waals surface area contributed by atoms with Gasteiger partial charge in [-0.1, -0.05) is 11.6 Å². The number of carbonyl (C=O) groups excluding carboxylic acids is 1. The van der Waals surface area contributed by atoms with E-state index in [4.69, 9.17) is 21.1 Å². The molecule has 0 aliphatic carbocycles. The van der Waals surface area contributed by atoms with Crippen LogP contribution in [0.4, 0.5) is 5.69 Å². The standard InChI is InChI=1S/C21H25ClN2O5S/c1-14-11-16(22)6-8-18(14)23-21(25)15-5-4-10-24(13-15)30(26,27)20-12-17(28-2)7-9-19(20)29-3/h6-9,11-12,15H,4-5,10,13H2,1-3H3,(H,23,25)/t15-/m0/s1. The second kappa shape index (κ2) is 9.24. The van der Waals surface area contributed by atoms with Crippen molar-refractivity contribution in [2.45, 2.75) is 24.7 Å². The van der Waals surface area contributed by atoms with Gasteiger partial charge in [-0.05, 0) is 55.7 Å². The molecule has 0 bridgehead atoms. The van der Waals surface area contributed by atoms with Crippen LogP contribution < -0.4 is 14.8 Å². The maximum Gasteiger partial charge on any atom is 0.246 e. The molecule has 0 radical (unpaired) electrons. The first-order chi connectivity index (χ1) is 14.3. The average Bonchev–Trinajstić information content (AvgIpc) is 2.75. The van der Waals surface area contributed by atoms with E-state index in [1.54, 1.807) is 30.3 Å². The smallest absolute Gasteiger partial charge is 0.246 e. The second-order valence-electron chi connectivity index (χ2n) is 7.17. The summed E-state index contributed by atoms with van der Waals surface area (Å²) in [4.78, 5) is 12.9. The minimum atomic E-state index is -3.86. The number of benzene rings is 2. The fraction of sp³-hybridized carbons (Fsp3) is 0.381. The monoisotopic (exact) mass is 452 g/mol. The van der Waals surface area contributed by atoms with Crippen LogP contribution >= 0.6 is 11.6 Å². The van der Waals surface area contributed by atoms with Gasteiger partial charge in [-0.3, -0.25) is 4.79 Å². The average molecular weight is 453 g/mol. The summed E-state index contributed by atoms with van der Waals surface area (Å²) in [5.41, 5.74) is 1.51. The van der Waals surface area contributed by atoms with Crippen LogP contribution in [0.2, 0.25) is 5.02 Å². The molecule has 1 atom stereocenters. The van der Waals surface area contributed by atoms with Gasteiger partial charge in [0.25, 0.3) is 0 Å². The number of sulfonamides is 1. The lowest BCUT2D eigenvalue weighted by Gasteiger charge is -2.31. The number of anilines is 1. The van der Waals surface area contributed by atoms with Crippen LogP contribution in [0.1, 0.15) is 18.4 Å². The molecule has 0 spiro atoms. The van der Waals surface area contributed by atoms with Gasteiger partial charge in [0, 0.05) is 29.9 Å². The van der Waals surface area contributed by atoms with E-state index in [1.165, 1.54) is 24.6 Å². The van der Waals surface area contributed by atoms with Gasteiger partial charge in [-0.15, -0.1) is 0 Å². The molecule has 0 aromatic heterocycles. The highest BCUT2D eigenvalue weighted by Crippen LogP contribution is 2.33. The summed E-state index contributed by atoms with van der Waals surface area (Å²) in [6, 6.07) is 9.85. The van der Waals surface area contributed by atoms with Gasteiger partial charge in [-0.25, -0.2) is 8.42 Å². The van der Waals surface area contributed by atoms with E-state index in [9.17, 15) is 13.2 Å². The Hall–Kier alpha value is -2.29. The van der Waals surface area contributed by atoms with Crippen LogP contribution in [-0.2, 0) is 14.8 Å². The van der Waals surface area contributed by atoms with E-state index in [2.05, 4.69) is 5.32 Å². The molecule has 2 aromatic rings. The molecule has 30 heavy (non-hydrogen) atoms. The summed E-state index contributed by atoms with van der Waals surface area (Å²) < 4.78 is 38.4. The number of amides is 1. The first-order valence-corrected chi connectivity index (χ1v) is 11.4. The normalized spacial score (nSPS) is 17.4. The van der Waals surface area contributed by atoms with E-state index in [1.807, 2.05) is 6.92 Å². The molecule has 1 N–H and O–H groups in total. The Bertz CT molecular complexity index is 1040. The van der Waals surface area contributed by atoms with Crippen molar-refractivity contribution in [1.82, 2.24) is 4.31 Å². The van der Waals surface area contributed by atoms with E-state index < -0.39 is 15.9 Å². The fourth-order valence-electron chi connectivity index (χ4n) is 3.50. The zero-order valence-corrected chi connectivity index (χ0v) is 18.7. The quantitative estimate of drug-likeness (QED) is 0.722. The summed E-state index contributed by atoms with van der Waals surface area (Å²) in [7, 11) is -0.971. The van der Waals surface area contributed by atoms with E-state index in [0.29, 0.717) is 35.8 Å². The zero-order chi connectivity index (χ0) is 21.9. The van der Waals surface area contributed by atoms with Gasteiger partial charge >= 0.3 is 0 Å². The fourth-order valence-corrected chi connectivity index (χ4v) is 5.42. The van der Waals surface area contributed by atoms with Crippen LogP contribution in [0, 0.1) is 12.8 Å². The van der Waals surface area contributed by atoms with Crippen molar-refractivity contribution in [3.63, 3.8) is 0 Å². The summed E-state index contributed by atoms with van der Waals surface area (Å²) >= 11 is 5.97. The highest BCUT2D eigenvalue weighted by molar-refractivity contribution is 7.89. The van der Waals surface area contributed by atoms with Crippen LogP contribution in [0.5, 0.6) is 11.5 Å². The van der Waals surface area contributed by atoms with Crippen molar-refractivity contribution in [3.8, 4) is 11.5 Å². The SMILES string of the molecule is COc1ccc(OC)c(S(=O)(=O)N2CCC[C@H](C(=O)Nc3ccc(Cl)cc3C)C2)c1. The maximum atomic E-state index is 13.3. The van der Waals surface area contributed by atoms with E-state index in [0.717, 1.165) is 5.56 Å². The number of ether oxygens (including phenoxy) is 2. The Morgan fingerprint density at radius 3 is 2.60 bits per heavy atom. The molecular formula is C21H25ClN2O5S. The number of hydrogen-bond acceptors (Lipinski definition) is 5. The third kappa shape index (κ3) is 4.71. The largest absolute Gasteiger partial charge is 0.497 e. The first kappa shape index (κ1) is 22.4. The van der Waals surface area contributed by atoms with Crippen molar-refractivity contribution >= 4 is 33.2 Å². The molecule has 1 aliphatic rings. The molecule has 0 saturated carbocycles.